The van der Waals surface area contributed by atoms with Crippen LogP contribution in [0, 0.1) is 11.6 Å². The van der Waals surface area contributed by atoms with Crippen LogP contribution in [-0.4, -0.2) is 15.0 Å². The molecule has 0 atom stereocenters. The molecule has 0 aliphatic heterocycles. The van der Waals surface area contributed by atoms with E-state index in [9.17, 15) is 13.6 Å². The quantitative estimate of drug-likeness (QED) is 0.597. The fourth-order valence-corrected chi connectivity index (χ4v) is 2.72. The van der Waals surface area contributed by atoms with Crippen molar-refractivity contribution in [2.75, 3.05) is 0 Å². The van der Waals surface area contributed by atoms with Crippen molar-refractivity contribution in [2.45, 2.75) is 6.42 Å². The molecule has 2 heterocycles. The van der Waals surface area contributed by atoms with Crippen LogP contribution in [0.25, 0.3) is 21.8 Å². The van der Waals surface area contributed by atoms with E-state index < -0.39 is 5.82 Å². The van der Waals surface area contributed by atoms with Crippen LogP contribution in [0.4, 0.5) is 8.78 Å². The van der Waals surface area contributed by atoms with E-state index in [4.69, 9.17) is 0 Å². The zero-order valence-corrected chi connectivity index (χ0v) is 11.9. The number of rotatable bonds is 2. The minimum Gasteiger partial charge on any atom is -0.361 e. The van der Waals surface area contributed by atoms with Crippen molar-refractivity contribution in [1.82, 2.24) is 15.0 Å². The molecule has 0 bridgehead atoms. The predicted molar refractivity (Wildman–Crippen MR) is 83.4 cm³/mol. The molecule has 0 saturated carbocycles. The number of hydrogen-bond donors (Lipinski definition) is 2. The molecule has 0 radical (unpaired) electrons. The van der Waals surface area contributed by atoms with Crippen LogP contribution in [-0.2, 0) is 6.42 Å². The Kier molecular flexibility index (Phi) is 2.97. The number of aromatic amines is 2. The standard InChI is InChI=1S/C17H11F2N3O/c18-10-2-4-14-13(6-10)9(8-20-14)5-16-21-15-7-11(19)1-3-12(15)17(23)22-16/h1-4,6-8,20H,5H2,(H,21,22,23). The lowest BCUT2D eigenvalue weighted by molar-refractivity contribution is 0.629. The first-order chi connectivity index (χ1) is 11.1. The minimum absolute atomic E-state index is 0.301. The number of nitrogens with zero attached hydrogens (tertiary/aromatic N) is 1. The summed E-state index contributed by atoms with van der Waals surface area (Å²) in [4.78, 5) is 22.1. The van der Waals surface area contributed by atoms with Crippen LogP contribution in [0.3, 0.4) is 0 Å². The maximum absolute atomic E-state index is 13.4. The third kappa shape index (κ3) is 2.38. The Balaban J connectivity index is 1.82. The first kappa shape index (κ1) is 13.6. The van der Waals surface area contributed by atoms with Gasteiger partial charge < -0.3 is 9.97 Å². The Bertz CT molecular complexity index is 1100. The zero-order chi connectivity index (χ0) is 16.0. The summed E-state index contributed by atoms with van der Waals surface area (Å²) in [6.45, 7) is 0. The zero-order valence-electron chi connectivity index (χ0n) is 11.9. The highest BCUT2D eigenvalue weighted by Crippen LogP contribution is 2.21. The van der Waals surface area contributed by atoms with Gasteiger partial charge in [0.25, 0.3) is 5.56 Å². The summed E-state index contributed by atoms with van der Waals surface area (Å²) in [5.74, 6) is -0.380. The van der Waals surface area contributed by atoms with Gasteiger partial charge in [-0.1, -0.05) is 0 Å². The molecule has 0 saturated heterocycles. The van der Waals surface area contributed by atoms with Crippen LogP contribution >= 0.6 is 0 Å². The van der Waals surface area contributed by atoms with Crippen molar-refractivity contribution >= 4 is 21.8 Å². The van der Waals surface area contributed by atoms with Gasteiger partial charge in [0, 0.05) is 29.6 Å². The van der Waals surface area contributed by atoms with Crippen LogP contribution in [0.5, 0.6) is 0 Å². The second kappa shape index (κ2) is 5.01. The average molecular weight is 311 g/mol. The summed E-state index contributed by atoms with van der Waals surface area (Å²) in [5.41, 5.74) is 1.58. The number of halogens is 2. The lowest BCUT2D eigenvalue weighted by Crippen LogP contribution is -2.12. The Morgan fingerprint density at radius 2 is 1.78 bits per heavy atom. The summed E-state index contributed by atoms with van der Waals surface area (Å²) < 4.78 is 26.8. The fraction of sp³-hybridized carbons (Fsp3) is 0.0588. The van der Waals surface area contributed by atoms with E-state index in [1.54, 1.807) is 12.3 Å². The Morgan fingerprint density at radius 1 is 1.00 bits per heavy atom. The topological polar surface area (TPSA) is 61.5 Å². The summed E-state index contributed by atoms with van der Waals surface area (Å²) in [5, 5.41) is 1.06. The van der Waals surface area contributed by atoms with Crippen LogP contribution in [0.2, 0.25) is 0 Å². The highest BCUT2D eigenvalue weighted by molar-refractivity contribution is 5.83. The number of benzene rings is 2. The van der Waals surface area contributed by atoms with Crippen molar-refractivity contribution in [3.63, 3.8) is 0 Å². The normalized spacial score (nSPS) is 11.4. The van der Waals surface area contributed by atoms with E-state index in [1.807, 2.05) is 0 Å². The van der Waals surface area contributed by atoms with Gasteiger partial charge in [-0.05, 0) is 35.9 Å². The first-order valence-electron chi connectivity index (χ1n) is 7.04. The van der Waals surface area contributed by atoms with Gasteiger partial charge in [-0.2, -0.15) is 0 Å². The molecule has 4 rings (SSSR count). The van der Waals surface area contributed by atoms with Crippen molar-refractivity contribution in [1.29, 1.82) is 0 Å². The fourth-order valence-electron chi connectivity index (χ4n) is 2.72. The Labute approximate surface area is 128 Å². The first-order valence-corrected chi connectivity index (χ1v) is 7.04. The van der Waals surface area contributed by atoms with E-state index in [2.05, 4.69) is 15.0 Å². The highest BCUT2D eigenvalue weighted by atomic mass is 19.1. The van der Waals surface area contributed by atoms with Gasteiger partial charge in [-0.15, -0.1) is 0 Å². The largest absolute Gasteiger partial charge is 0.361 e. The smallest absolute Gasteiger partial charge is 0.258 e. The summed E-state index contributed by atoms with van der Waals surface area (Å²) in [7, 11) is 0. The summed E-state index contributed by atoms with van der Waals surface area (Å²) in [6.07, 6.45) is 2.06. The molecule has 114 valence electrons. The van der Waals surface area contributed by atoms with Gasteiger partial charge in [0.05, 0.1) is 10.9 Å². The number of nitrogens with one attached hydrogen (secondary N) is 2. The van der Waals surface area contributed by atoms with Crippen molar-refractivity contribution < 1.29 is 8.78 Å². The summed E-state index contributed by atoms with van der Waals surface area (Å²) in [6, 6.07) is 8.31. The molecule has 0 amide bonds. The Morgan fingerprint density at radius 3 is 2.65 bits per heavy atom. The van der Waals surface area contributed by atoms with Gasteiger partial charge >= 0.3 is 0 Å². The molecule has 6 heteroatoms. The molecule has 4 aromatic rings. The van der Waals surface area contributed by atoms with Crippen molar-refractivity contribution in [3.05, 3.63) is 76.0 Å². The molecule has 0 unspecified atom stereocenters. The summed E-state index contributed by atoms with van der Waals surface area (Å²) >= 11 is 0. The highest BCUT2D eigenvalue weighted by Gasteiger charge is 2.09. The van der Waals surface area contributed by atoms with Gasteiger partial charge in [-0.25, -0.2) is 13.8 Å². The van der Waals surface area contributed by atoms with Crippen molar-refractivity contribution in [3.8, 4) is 0 Å². The Hall–Kier alpha value is -3.02. The molecule has 2 aromatic carbocycles. The van der Waals surface area contributed by atoms with Gasteiger partial charge in [-0.3, -0.25) is 4.79 Å². The van der Waals surface area contributed by atoms with Gasteiger partial charge in [0.2, 0.25) is 0 Å². The SMILES string of the molecule is O=c1[nH]c(Cc2c[nH]c3ccc(F)cc23)nc2cc(F)ccc12. The molecule has 23 heavy (non-hydrogen) atoms. The van der Waals surface area contributed by atoms with Crippen LogP contribution in [0.1, 0.15) is 11.4 Å². The van der Waals surface area contributed by atoms with Crippen LogP contribution < -0.4 is 5.56 Å². The predicted octanol–water partition coefficient (Wildman–Crippen LogP) is 3.27. The molecule has 0 spiro atoms. The van der Waals surface area contributed by atoms with Crippen LogP contribution in [0.15, 0.2) is 47.4 Å². The second-order valence-corrected chi connectivity index (χ2v) is 5.35. The molecule has 0 fully saturated rings. The third-order valence-corrected chi connectivity index (χ3v) is 3.81. The van der Waals surface area contributed by atoms with E-state index in [0.717, 1.165) is 16.5 Å². The molecule has 2 N–H and O–H groups in total. The van der Waals surface area contributed by atoms with Gasteiger partial charge in [0.1, 0.15) is 17.5 Å². The number of fused-ring (bicyclic) bond motifs is 2. The lowest BCUT2D eigenvalue weighted by Gasteiger charge is -2.03. The molecule has 0 aliphatic rings. The number of H-pyrrole nitrogens is 2. The van der Waals surface area contributed by atoms with E-state index in [0.29, 0.717) is 23.1 Å². The van der Waals surface area contributed by atoms with Crippen molar-refractivity contribution in [2.24, 2.45) is 0 Å². The maximum atomic E-state index is 13.4. The molecular weight excluding hydrogens is 300 g/mol. The second-order valence-electron chi connectivity index (χ2n) is 5.35. The third-order valence-electron chi connectivity index (χ3n) is 3.81. The monoisotopic (exact) mass is 311 g/mol. The molecular formula is C17H11F2N3O. The van der Waals surface area contributed by atoms with E-state index in [1.165, 1.54) is 30.3 Å². The number of hydrogen-bond acceptors (Lipinski definition) is 2. The average Bonchev–Trinajstić information content (AvgIpc) is 2.89. The molecule has 2 aromatic heterocycles. The van der Waals surface area contributed by atoms with E-state index in [-0.39, 0.29) is 11.4 Å². The minimum atomic E-state index is -0.448. The lowest BCUT2D eigenvalue weighted by atomic mass is 10.1. The van der Waals surface area contributed by atoms with Gasteiger partial charge in [0.15, 0.2) is 0 Å². The molecule has 0 aliphatic carbocycles. The maximum Gasteiger partial charge on any atom is 0.258 e. The number of aromatic nitrogens is 3. The van der Waals surface area contributed by atoms with E-state index >= 15 is 0 Å². The molecule has 4 nitrogen and oxygen atoms in total.